The number of thioether (sulfide) groups is 1. The molecule has 9 heteroatoms. The van der Waals surface area contributed by atoms with Crippen LogP contribution in [0.5, 0.6) is 0 Å². The van der Waals surface area contributed by atoms with E-state index in [0.29, 0.717) is 43.9 Å². The summed E-state index contributed by atoms with van der Waals surface area (Å²) in [6, 6.07) is 9.81. The summed E-state index contributed by atoms with van der Waals surface area (Å²) in [5.74, 6) is 0.425. The molecule has 0 aliphatic rings. The van der Waals surface area contributed by atoms with Crippen LogP contribution in [0.15, 0.2) is 40.1 Å². The number of aromatic amines is 1. The summed E-state index contributed by atoms with van der Waals surface area (Å²) in [6.45, 7) is 4.24. The standard InChI is InChI=1S/C19H20N4O3S2/c1-3-26-18(25)15-11(2)14-16(24)22-13(23-17(14)28-15)10-27-19(20)21-9-12-7-5-4-6-8-12/h4-8H,3,9-10H2,1-2H3,(H2,20,21)(H,22,23,24). The fourth-order valence-electron chi connectivity index (χ4n) is 2.59. The highest BCUT2D eigenvalue weighted by Crippen LogP contribution is 2.28. The fourth-order valence-corrected chi connectivity index (χ4v) is 4.26. The highest BCUT2D eigenvalue weighted by Gasteiger charge is 2.20. The molecule has 0 saturated heterocycles. The van der Waals surface area contributed by atoms with Gasteiger partial charge in [0.2, 0.25) is 0 Å². The monoisotopic (exact) mass is 416 g/mol. The molecule has 0 bridgehead atoms. The number of nitrogens with two attached hydrogens (primary N) is 1. The number of benzene rings is 1. The highest BCUT2D eigenvalue weighted by atomic mass is 32.2. The number of hydrogen-bond acceptors (Lipinski definition) is 7. The molecule has 146 valence electrons. The van der Waals surface area contributed by atoms with Crippen LogP contribution in [0.25, 0.3) is 10.2 Å². The molecule has 28 heavy (non-hydrogen) atoms. The van der Waals surface area contributed by atoms with Crippen molar-refractivity contribution in [3.05, 3.63) is 62.5 Å². The van der Waals surface area contributed by atoms with Crippen LogP contribution in [-0.4, -0.2) is 27.7 Å². The molecule has 0 fully saturated rings. The van der Waals surface area contributed by atoms with Gasteiger partial charge in [0.05, 0.1) is 24.3 Å². The molecule has 0 amide bonds. The molecule has 3 aromatic rings. The molecule has 1 aromatic carbocycles. The number of fused-ring (bicyclic) bond motifs is 1. The summed E-state index contributed by atoms with van der Waals surface area (Å²) in [4.78, 5) is 37.0. The van der Waals surface area contributed by atoms with Crippen LogP contribution in [0, 0.1) is 6.92 Å². The largest absolute Gasteiger partial charge is 0.462 e. The molecule has 3 rings (SSSR count). The van der Waals surface area contributed by atoms with Crippen LogP contribution in [0.1, 0.15) is 33.5 Å². The van der Waals surface area contributed by atoms with Crippen LogP contribution >= 0.6 is 23.1 Å². The molecule has 0 atom stereocenters. The number of hydrogen-bond donors (Lipinski definition) is 2. The first-order chi connectivity index (χ1) is 13.5. The number of thiophene rings is 1. The van der Waals surface area contributed by atoms with E-state index >= 15 is 0 Å². The Morgan fingerprint density at radius 1 is 1.36 bits per heavy atom. The second-order valence-electron chi connectivity index (χ2n) is 5.90. The number of nitrogens with zero attached hydrogens (tertiary/aromatic N) is 2. The number of aryl methyl sites for hydroxylation is 1. The minimum atomic E-state index is -0.435. The minimum Gasteiger partial charge on any atom is -0.462 e. The maximum absolute atomic E-state index is 12.5. The molecule has 0 unspecified atom stereocenters. The second kappa shape index (κ2) is 9.03. The van der Waals surface area contributed by atoms with Gasteiger partial charge in [-0.05, 0) is 25.0 Å². The predicted molar refractivity (Wildman–Crippen MR) is 114 cm³/mol. The van der Waals surface area contributed by atoms with Gasteiger partial charge in [0.1, 0.15) is 15.5 Å². The van der Waals surface area contributed by atoms with Crippen LogP contribution in [0.2, 0.25) is 0 Å². The van der Waals surface area contributed by atoms with Crippen molar-refractivity contribution < 1.29 is 9.53 Å². The van der Waals surface area contributed by atoms with Crippen molar-refractivity contribution in [1.82, 2.24) is 9.97 Å². The normalized spacial score (nSPS) is 11.7. The van der Waals surface area contributed by atoms with Gasteiger partial charge in [-0.1, -0.05) is 42.1 Å². The highest BCUT2D eigenvalue weighted by molar-refractivity contribution is 8.13. The van der Waals surface area contributed by atoms with Crippen LogP contribution in [-0.2, 0) is 17.0 Å². The summed E-state index contributed by atoms with van der Waals surface area (Å²) in [6.07, 6.45) is 0. The number of aromatic nitrogens is 2. The summed E-state index contributed by atoms with van der Waals surface area (Å²) in [7, 11) is 0. The van der Waals surface area contributed by atoms with Crippen LogP contribution in [0.3, 0.4) is 0 Å². The molecule has 0 spiro atoms. The van der Waals surface area contributed by atoms with Gasteiger partial charge in [-0.3, -0.25) is 9.79 Å². The number of nitrogens with one attached hydrogen (secondary N) is 1. The Bertz CT molecular complexity index is 1070. The summed E-state index contributed by atoms with van der Waals surface area (Å²) in [5, 5.41) is 0.841. The number of rotatable bonds is 6. The SMILES string of the molecule is CCOC(=O)c1sc2nc(CSC(N)=NCc3ccccc3)[nH]c(=O)c2c1C. The Hall–Kier alpha value is -2.65. The smallest absolute Gasteiger partial charge is 0.348 e. The van der Waals surface area contributed by atoms with Crippen molar-refractivity contribution in [2.75, 3.05) is 6.61 Å². The van der Waals surface area contributed by atoms with E-state index in [2.05, 4.69) is 15.0 Å². The van der Waals surface area contributed by atoms with Crippen molar-refractivity contribution >= 4 is 44.5 Å². The number of carbonyl (C=O) groups excluding carboxylic acids is 1. The number of amidine groups is 1. The lowest BCUT2D eigenvalue weighted by Crippen LogP contribution is -2.13. The zero-order valence-electron chi connectivity index (χ0n) is 15.5. The zero-order chi connectivity index (χ0) is 20.1. The van der Waals surface area contributed by atoms with Gasteiger partial charge in [-0.25, -0.2) is 9.78 Å². The summed E-state index contributed by atoms with van der Waals surface area (Å²) < 4.78 is 5.05. The number of H-pyrrole nitrogens is 1. The van der Waals surface area contributed by atoms with Gasteiger partial charge in [0, 0.05) is 0 Å². The van der Waals surface area contributed by atoms with E-state index in [-0.39, 0.29) is 12.2 Å². The van der Waals surface area contributed by atoms with E-state index in [1.165, 1.54) is 23.1 Å². The third-order valence-electron chi connectivity index (χ3n) is 3.93. The Morgan fingerprint density at radius 3 is 2.82 bits per heavy atom. The Balaban J connectivity index is 1.75. The van der Waals surface area contributed by atoms with E-state index in [1.54, 1.807) is 13.8 Å². The third kappa shape index (κ3) is 4.60. The first-order valence-corrected chi connectivity index (χ1v) is 10.5. The average Bonchev–Trinajstić information content (AvgIpc) is 3.03. The van der Waals surface area contributed by atoms with Gasteiger partial charge in [0.25, 0.3) is 5.56 Å². The average molecular weight is 417 g/mol. The number of ether oxygens (including phenoxy) is 1. The van der Waals surface area contributed by atoms with Gasteiger partial charge in [-0.15, -0.1) is 11.3 Å². The Kier molecular flexibility index (Phi) is 6.48. The molecular formula is C19H20N4O3S2. The molecule has 2 heterocycles. The van der Waals surface area contributed by atoms with Crippen LogP contribution in [0.4, 0.5) is 0 Å². The maximum Gasteiger partial charge on any atom is 0.348 e. The van der Waals surface area contributed by atoms with E-state index in [9.17, 15) is 9.59 Å². The van der Waals surface area contributed by atoms with E-state index in [0.717, 1.165) is 5.56 Å². The van der Waals surface area contributed by atoms with Crippen molar-refractivity contribution in [2.45, 2.75) is 26.1 Å². The van der Waals surface area contributed by atoms with Crippen molar-refractivity contribution in [1.29, 1.82) is 0 Å². The Labute approximate surface area is 170 Å². The van der Waals surface area contributed by atoms with E-state index in [4.69, 9.17) is 10.5 Å². The van der Waals surface area contributed by atoms with Crippen molar-refractivity contribution in [2.24, 2.45) is 10.7 Å². The van der Waals surface area contributed by atoms with Gasteiger partial charge in [0.15, 0.2) is 5.17 Å². The van der Waals surface area contributed by atoms with E-state index < -0.39 is 5.97 Å². The van der Waals surface area contributed by atoms with Gasteiger partial charge >= 0.3 is 5.97 Å². The molecule has 3 N–H and O–H groups in total. The lowest BCUT2D eigenvalue weighted by molar-refractivity contribution is 0.0531. The first-order valence-electron chi connectivity index (χ1n) is 8.65. The zero-order valence-corrected chi connectivity index (χ0v) is 17.2. The summed E-state index contributed by atoms with van der Waals surface area (Å²) >= 11 is 2.47. The quantitative estimate of drug-likeness (QED) is 0.363. The van der Waals surface area contributed by atoms with Crippen molar-refractivity contribution in [3.8, 4) is 0 Å². The topological polar surface area (TPSA) is 110 Å². The molecule has 0 saturated carbocycles. The number of aliphatic imine (C=N–C) groups is 1. The lowest BCUT2D eigenvalue weighted by atomic mass is 10.2. The molecular weight excluding hydrogens is 396 g/mol. The maximum atomic E-state index is 12.5. The van der Waals surface area contributed by atoms with E-state index in [1.807, 2.05) is 30.3 Å². The number of carbonyl (C=O) groups is 1. The molecule has 7 nitrogen and oxygen atoms in total. The lowest BCUT2D eigenvalue weighted by Gasteiger charge is -2.02. The molecule has 0 aliphatic carbocycles. The predicted octanol–water partition coefficient (Wildman–Crippen LogP) is 3.22. The molecule has 0 aliphatic heterocycles. The fraction of sp³-hybridized carbons (Fsp3) is 0.263. The van der Waals surface area contributed by atoms with Gasteiger partial charge in [-0.2, -0.15) is 0 Å². The summed E-state index contributed by atoms with van der Waals surface area (Å²) in [5.41, 5.74) is 7.34. The third-order valence-corrected chi connectivity index (χ3v) is 5.94. The molecule has 2 aromatic heterocycles. The Morgan fingerprint density at radius 2 is 2.11 bits per heavy atom. The second-order valence-corrected chi connectivity index (χ2v) is 7.89. The minimum absolute atomic E-state index is 0.273. The van der Waals surface area contributed by atoms with Gasteiger partial charge < -0.3 is 15.5 Å². The molecule has 0 radical (unpaired) electrons. The first kappa shape index (κ1) is 20.1. The number of esters is 1. The van der Waals surface area contributed by atoms with Crippen LogP contribution < -0.4 is 11.3 Å². The van der Waals surface area contributed by atoms with Crippen molar-refractivity contribution in [3.63, 3.8) is 0 Å².